The molecule has 0 unspecified atom stereocenters. The highest BCUT2D eigenvalue weighted by molar-refractivity contribution is 6.48. The van der Waals surface area contributed by atoms with Crippen molar-refractivity contribution in [3.8, 4) is 0 Å². The van der Waals surface area contributed by atoms with Gasteiger partial charge in [-0.15, -0.1) is 0 Å². The van der Waals surface area contributed by atoms with E-state index in [2.05, 4.69) is 12.2 Å². The fourth-order valence-corrected chi connectivity index (χ4v) is 3.75. The number of amides is 2. The van der Waals surface area contributed by atoms with E-state index in [9.17, 15) is 14.4 Å². The molecule has 1 N–H and O–H groups in total. The highest BCUT2D eigenvalue weighted by atomic mass is 16.5. The third kappa shape index (κ3) is 4.51. The van der Waals surface area contributed by atoms with Crippen molar-refractivity contribution in [2.45, 2.75) is 19.9 Å². The van der Waals surface area contributed by atoms with Crippen LogP contribution in [-0.4, -0.2) is 53.4 Å². The lowest BCUT2D eigenvalue weighted by molar-refractivity contribution is -0.135. The third-order valence-corrected chi connectivity index (χ3v) is 5.53. The third-order valence-electron chi connectivity index (χ3n) is 5.53. The van der Waals surface area contributed by atoms with Crippen LogP contribution in [0, 0.1) is 0 Å². The number of hydrogen-bond acceptors (Lipinski definition) is 4. The Morgan fingerprint density at radius 1 is 1.00 bits per heavy atom. The first kappa shape index (κ1) is 20.8. The molecule has 0 atom stereocenters. The number of hydrogen-bond donors (Lipinski definition) is 1. The number of aromatic nitrogens is 1. The molecule has 0 bridgehead atoms. The molecule has 2 heterocycles. The Hall–Kier alpha value is -3.45. The van der Waals surface area contributed by atoms with Gasteiger partial charge in [0.25, 0.3) is 11.7 Å². The number of benzene rings is 2. The van der Waals surface area contributed by atoms with E-state index in [1.165, 1.54) is 0 Å². The standard InChI is InChI=1S/C24H25N3O4/c1-2-17-7-9-18(10-8-17)25-24(30)23(29)20-15-27(21-6-4-3-5-19(20)21)16-22(28)26-11-13-31-14-12-26/h3-10,15H,2,11-14,16H2,1H3,(H,25,30). The van der Waals surface area contributed by atoms with Crippen molar-refractivity contribution in [2.24, 2.45) is 0 Å². The number of anilines is 1. The van der Waals surface area contributed by atoms with Crippen LogP contribution in [0.1, 0.15) is 22.8 Å². The Balaban J connectivity index is 1.55. The maximum absolute atomic E-state index is 12.9. The molecular weight excluding hydrogens is 394 g/mol. The second-order valence-corrected chi connectivity index (χ2v) is 7.51. The predicted octanol–water partition coefficient (Wildman–Crippen LogP) is 2.88. The molecule has 0 aliphatic carbocycles. The maximum atomic E-state index is 12.9. The molecule has 0 saturated carbocycles. The smallest absolute Gasteiger partial charge is 0.296 e. The number of fused-ring (bicyclic) bond motifs is 1. The van der Waals surface area contributed by atoms with Crippen molar-refractivity contribution in [3.63, 3.8) is 0 Å². The maximum Gasteiger partial charge on any atom is 0.296 e. The number of aryl methyl sites for hydroxylation is 1. The molecule has 0 spiro atoms. The summed E-state index contributed by atoms with van der Waals surface area (Å²) in [4.78, 5) is 40.0. The van der Waals surface area contributed by atoms with Gasteiger partial charge in [0, 0.05) is 35.9 Å². The number of nitrogens with zero attached hydrogens (tertiary/aromatic N) is 2. The van der Waals surface area contributed by atoms with E-state index >= 15 is 0 Å². The van der Waals surface area contributed by atoms with Crippen LogP contribution >= 0.6 is 0 Å². The number of ether oxygens (including phenoxy) is 1. The molecule has 1 aliphatic heterocycles. The quantitative estimate of drug-likeness (QED) is 0.492. The van der Waals surface area contributed by atoms with Crippen LogP contribution in [0.3, 0.4) is 0 Å². The first-order valence-corrected chi connectivity index (χ1v) is 10.4. The SMILES string of the molecule is CCc1ccc(NC(=O)C(=O)c2cn(CC(=O)N3CCOCC3)c3ccccc23)cc1. The Morgan fingerprint density at radius 3 is 2.42 bits per heavy atom. The summed E-state index contributed by atoms with van der Waals surface area (Å²) in [6, 6.07) is 14.7. The predicted molar refractivity (Wildman–Crippen MR) is 118 cm³/mol. The molecule has 2 amide bonds. The first-order chi connectivity index (χ1) is 15.1. The van der Waals surface area contributed by atoms with Crippen LogP contribution in [0.15, 0.2) is 54.7 Å². The average Bonchev–Trinajstić information content (AvgIpc) is 3.18. The lowest BCUT2D eigenvalue weighted by Gasteiger charge is -2.27. The lowest BCUT2D eigenvalue weighted by Crippen LogP contribution is -2.42. The van der Waals surface area contributed by atoms with Crippen molar-refractivity contribution in [2.75, 3.05) is 31.6 Å². The minimum Gasteiger partial charge on any atom is -0.378 e. The summed E-state index contributed by atoms with van der Waals surface area (Å²) in [5.74, 6) is -1.37. The van der Waals surface area contributed by atoms with Crippen molar-refractivity contribution >= 4 is 34.2 Å². The van der Waals surface area contributed by atoms with Crippen LogP contribution in [0.2, 0.25) is 0 Å². The highest BCUT2D eigenvalue weighted by Crippen LogP contribution is 2.23. The highest BCUT2D eigenvalue weighted by Gasteiger charge is 2.24. The molecule has 1 fully saturated rings. The van der Waals surface area contributed by atoms with Gasteiger partial charge in [0.1, 0.15) is 6.54 Å². The summed E-state index contributed by atoms with van der Waals surface area (Å²) in [5.41, 5.74) is 2.75. The molecule has 31 heavy (non-hydrogen) atoms. The second kappa shape index (κ2) is 9.14. The van der Waals surface area contributed by atoms with E-state index in [0.29, 0.717) is 37.4 Å². The first-order valence-electron chi connectivity index (χ1n) is 10.4. The zero-order valence-corrected chi connectivity index (χ0v) is 17.5. The number of morpholine rings is 1. The van der Waals surface area contributed by atoms with Gasteiger partial charge >= 0.3 is 0 Å². The van der Waals surface area contributed by atoms with Crippen LogP contribution in [-0.2, 0) is 27.3 Å². The monoisotopic (exact) mass is 419 g/mol. The molecule has 1 saturated heterocycles. The van der Waals surface area contributed by atoms with Crippen LogP contribution in [0.4, 0.5) is 5.69 Å². The molecular formula is C24H25N3O4. The van der Waals surface area contributed by atoms with E-state index in [0.717, 1.165) is 17.5 Å². The molecule has 7 nitrogen and oxygen atoms in total. The fourth-order valence-electron chi connectivity index (χ4n) is 3.75. The lowest BCUT2D eigenvalue weighted by atomic mass is 10.1. The van der Waals surface area contributed by atoms with E-state index in [1.807, 2.05) is 30.3 Å². The minimum absolute atomic E-state index is 0.0384. The van der Waals surface area contributed by atoms with Crippen molar-refractivity contribution < 1.29 is 19.1 Å². The summed E-state index contributed by atoms with van der Waals surface area (Å²) in [5, 5.41) is 3.32. The number of para-hydroxylation sites is 1. The number of Topliss-reactive ketones (excluding diaryl/α,β-unsaturated/α-hetero) is 1. The van der Waals surface area contributed by atoms with E-state index in [4.69, 9.17) is 4.74 Å². The van der Waals surface area contributed by atoms with E-state index in [-0.39, 0.29) is 18.0 Å². The Morgan fingerprint density at radius 2 is 1.71 bits per heavy atom. The molecule has 4 rings (SSSR count). The molecule has 3 aromatic rings. The van der Waals surface area contributed by atoms with Gasteiger partial charge < -0.3 is 19.5 Å². The van der Waals surface area contributed by atoms with Gasteiger partial charge in [-0.3, -0.25) is 14.4 Å². The van der Waals surface area contributed by atoms with Crippen molar-refractivity contribution in [1.82, 2.24) is 9.47 Å². The summed E-state index contributed by atoms with van der Waals surface area (Å²) >= 11 is 0. The molecule has 7 heteroatoms. The Kier molecular flexibility index (Phi) is 6.13. The number of ketones is 1. The Labute approximate surface area is 180 Å². The summed E-state index contributed by atoms with van der Waals surface area (Å²) in [6.45, 7) is 4.33. The summed E-state index contributed by atoms with van der Waals surface area (Å²) in [7, 11) is 0. The topological polar surface area (TPSA) is 80.6 Å². The molecule has 0 radical (unpaired) electrons. The van der Waals surface area contributed by atoms with E-state index < -0.39 is 11.7 Å². The summed E-state index contributed by atoms with van der Waals surface area (Å²) < 4.78 is 7.04. The zero-order valence-electron chi connectivity index (χ0n) is 17.5. The molecule has 160 valence electrons. The minimum atomic E-state index is -0.702. The Bertz CT molecular complexity index is 1110. The number of rotatable bonds is 6. The molecule has 1 aliphatic rings. The van der Waals surface area contributed by atoms with Crippen molar-refractivity contribution in [1.29, 1.82) is 0 Å². The number of nitrogens with one attached hydrogen (secondary N) is 1. The van der Waals surface area contributed by atoms with Gasteiger partial charge in [0.2, 0.25) is 5.91 Å². The van der Waals surface area contributed by atoms with Crippen LogP contribution < -0.4 is 5.32 Å². The second-order valence-electron chi connectivity index (χ2n) is 7.51. The van der Waals surface area contributed by atoms with Gasteiger partial charge in [-0.05, 0) is 30.2 Å². The van der Waals surface area contributed by atoms with E-state index in [1.54, 1.807) is 33.9 Å². The normalized spacial score (nSPS) is 13.9. The molecule has 1 aromatic heterocycles. The zero-order chi connectivity index (χ0) is 21.8. The average molecular weight is 419 g/mol. The van der Waals surface area contributed by atoms with Crippen LogP contribution in [0.25, 0.3) is 10.9 Å². The van der Waals surface area contributed by atoms with Crippen LogP contribution in [0.5, 0.6) is 0 Å². The van der Waals surface area contributed by atoms with Gasteiger partial charge in [0.05, 0.1) is 18.8 Å². The van der Waals surface area contributed by atoms with Gasteiger partial charge in [-0.2, -0.15) is 0 Å². The number of carbonyl (C=O) groups is 3. The van der Waals surface area contributed by atoms with Gasteiger partial charge in [-0.1, -0.05) is 37.3 Å². The van der Waals surface area contributed by atoms with Gasteiger partial charge in [0.15, 0.2) is 0 Å². The summed E-state index contributed by atoms with van der Waals surface area (Å²) in [6.07, 6.45) is 2.50. The number of carbonyl (C=O) groups excluding carboxylic acids is 3. The van der Waals surface area contributed by atoms with Gasteiger partial charge in [-0.25, -0.2) is 0 Å². The molecule has 2 aromatic carbocycles. The van der Waals surface area contributed by atoms with Crippen molar-refractivity contribution in [3.05, 3.63) is 65.9 Å². The fraction of sp³-hybridized carbons (Fsp3) is 0.292. The largest absolute Gasteiger partial charge is 0.378 e.